The van der Waals surface area contributed by atoms with Crippen molar-refractivity contribution < 1.29 is 14.0 Å². The molecule has 4 rings (SSSR count). The van der Waals surface area contributed by atoms with E-state index in [1.54, 1.807) is 11.8 Å². The van der Waals surface area contributed by atoms with Gasteiger partial charge in [0, 0.05) is 21.3 Å². The van der Waals surface area contributed by atoms with Crippen LogP contribution in [0.5, 0.6) is 0 Å². The number of rotatable bonds is 3. The van der Waals surface area contributed by atoms with E-state index in [-0.39, 0.29) is 11.7 Å². The molecule has 0 bridgehead atoms. The standard InChI is InChI=1S/C19H15BrN2O3S/c1-10-17(11(2)23)18(22-16(24)9-26-19(22)21-10)15-8-7-14(25-15)12-3-5-13(20)6-4-12/h3-8,18H,9H2,1-2H3/t18-/m1/s1. The zero-order valence-electron chi connectivity index (χ0n) is 14.2. The molecule has 132 valence electrons. The van der Waals surface area contributed by atoms with Crippen LogP contribution >= 0.6 is 27.7 Å². The Balaban J connectivity index is 1.80. The summed E-state index contributed by atoms with van der Waals surface area (Å²) in [6.07, 6.45) is 0. The lowest BCUT2D eigenvalue weighted by molar-refractivity contribution is -0.125. The number of nitrogens with zero attached hydrogens (tertiary/aromatic N) is 2. The molecule has 0 spiro atoms. The van der Waals surface area contributed by atoms with Crippen molar-refractivity contribution in [3.05, 3.63) is 57.9 Å². The van der Waals surface area contributed by atoms with Gasteiger partial charge in [0.25, 0.3) is 0 Å². The summed E-state index contributed by atoms with van der Waals surface area (Å²) in [6, 6.07) is 10.9. The van der Waals surface area contributed by atoms with Gasteiger partial charge >= 0.3 is 0 Å². The van der Waals surface area contributed by atoms with Gasteiger partial charge in [-0.15, -0.1) is 0 Å². The quantitative estimate of drug-likeness (QED) is 0.715. The van der Waals surface area contributed by atoms with Crippen LogP contribution in [-0.2, 0) is 9.59 Å². The summed E-state index contributed by atoms with van der Waals surface area (Å²) in [6.45, 7) is 3.30. The first kappa shape index (κ1) is 17.3. The van der Waals surface area contributed by atoms with Gasteiger partial charge in [-0.2, -0.15) is 0 Å². The predicted molar refractivity (Wildman–Crippen MR) is 105 cm³/mol. The van der Waals surface area contributed by atoms with Gasteiger partial charge in [-0.1, -0.05) is 39.8 Å². The number of carbonyl (C=O) groups is 2. The van der Waals surface area contributed by atoms with Gasteiger partial charge in [-0.05, 0) is 38.1 Å². The lowest BCUT2D eigenvalue weighted by atomic mass is 9.96. The molecule has 1 saturated heterocycles. The number of Topliss-reactive ketones (excluding diaryl/α,β-unsaturated/α-hetero) is 1. The number of allylic oxidation sites excluding steroid dienone is 1. The number of carbonyl (C=O) groups excluding carboxylic acids is 2. The normalized spacial score (nSPS) is 19.7. The van der Waals surface area contributed by atoms with E-state index in [4.69, 9.17) is 4.42 Å². The molecule has 26 heavy (non-hydrogen) atoms. The lowest BCUT2D eigenvalue weighted by Crippen LogP contribution is -2.38. The highest BCUT2D eigenvalue weighted by atomic mass is 79.9. The zero-order valence-corrected chi connectivity index (χ0v) is 16.6. The van der Waals surface area contributed by atoms with Crippen LogP contribution in [0.25, 0.3) is 11.3 Å². The molecule has 1 atom stereocenters. The molecule has 0 aliphatic carbocycles. The first-order valence-corrected chi connectivity index (χ1v) is 9.84. The van der Waals surface area contributed by atoms with Gasteiger partial charge < -0.3 is 4.42 Å². The topological polar surface area (TPSA) is 62.9 Å². The van der Waals surface area contributed by atoms with Gasteiger partial charge in [0.15, 0.2) is 11.0 Å². The fourth-order valence-electron chi connectivity index (χ4n) is 3.23. The minimum absolute atomic E-state index is 0.0633. The van der Waals surface area contributed by atoms with Crippen molar-refractivity contribution in [1.82, 2.24) is 4.90 Å². The molecular weight excluding hydrogens is 416 g/mol. The molecule has 0 unspecified atom stereocenters. The third-order valence-electron chi connectivity index (χ3n) is 4.39. The molecule has 0 radical (unpaired) electrons. The molecule has 2 aliphatic rings. The molecule has 5 nitrogen and oxygen atoms in total. The minimum Gasteiger partial charge on any atom is -0.458 e. The van der Waals surface area contributed by atoms with Crippen LogP contribution < -0.4 is 0 Å². The van der Waals surface area contributed by atoms with Gasteiger partial charge in [-0.25, -0.2) is 4.99 Å². The molecule has 7 heteroatoms. The first-order valence-electron chi connectivity index (χ1n) is 8.06. The third-order valence-corrected chi connectivity index (χ3v) is 5.85. The number of amides is 1. The van der Waals surface area contributed by atoms with Crippen LogP contribution in [0.4, 0.5) is 0 Å². The fraction of sp³-hybridized carbons (Fsp3) is 0.211. The van der Waals surface area contributed by atoms with E-state index < -0.39 is 6.04 Å². The van der Waals surface area contributed by atoms with E-state index in [2.05, 4.69) is 20.9 Å². The minimum atomic E-state index is -0.563. The van der Waals surface area contributed by atoms with E-state index in [1.807, 2.05) is 36.4 Å². The molecule has 0 saturated carbocycles. The van der Waals surface area contributed by atoms with Crippen molar-refractivity contribution in [1.29, 1.82) is 0 Å². The van der Waals surface area contributed by atoms with E-state index in [9.17, 15) is 9.59 Å². The van der Waals surface area contributed by atoms with Crippen LogP contribution in [0.3, 0.4) is 0 Å². The molecule has 1 aromatic carbocycles. The molecule has 2 aromatic rings. The number of thioether (sulfide) groups is 1. The summed E-state index contributed by atoms with van der Waals surface area (Å²) >= 11 is 4.81. The van der Waals surface area contributed by atoms with Crippen molar-refractivity contribution in [3.63, 3.8) is 0 Å². The Hall–Kier alpha value is -2.12. The highest BCUT2D eigenvalue weighted by molar-refractivity contribution is 9.10. The second kappa shape index (κ2) is 6.55. The van der Waals surface area contributed by atoms with Crippen molar-refractivity contribution >= 4 is 44.5 Å². The van der Waals surface area contributed by atoms with E-state index in [1.165, 1.54) is 18.7 Å². The first-order chi connectivity index (χ1) is 12.5. The molecule has 2 aliphatic heterocycles. The Morgan fingerprint density at radius 2 is 2.00 bits per heavy atom. The number of hydrogen-bond acceptors (Lipinski definition) is 5. The summed E-state index contributed by atoms with van der Waals surface area (Å²) in [5, 5.41) is 0.629. The number of fused-ring (bicyclic) bond motifs is 1. The van der Waals surface area contributed by atoms with Gasteiger partial charge in [0.05, 0.1) is 5.75 Å². The lowest BCUT2D eigenvalue weighted by Gasteiger charge is -2.31. The number of furan rings is 1. The number of benzene rings is 1. The van der Waals surface area contributed by atoms with E-state index in [0.29, 0.717) is 33.7 Å². The third kappa shape index (κ3) is 2.85. The second-order valence-corrected chi connectivity index (χ2v) is 7.97. The Bertz CT molecular complexity index is 975. The summed E-state index contributed by atoms with van der Waals surface area (Å²) in [4.78, 5) is 30.7. The number of halogens is 1. The summed E-state index contributed by atoms with van der Waals surface area (Å²) < 4.78 is 7.06. The number of aliphatic imine (C=N–C) groups is 1. The van der Waals surface area contributed by atoms with Crippen molar-refractivity contribution in [2.45, 2.75) is 19.9 Å². The Morgan fingerprint density at radius 3 is 2.69 bits per heavy atom. The van der Waals surface area contributed by atoms with E-state index >= 15 is 0 Å². The van der Waals surface area contributed by atoms with Gasteiger partial charge in [0.2, 0.25) is 5.91 Å². The van der Waals surface area contributed by atoms with Crippen molar-refractivity contribution in [3.8, 4) is 11.3 Å². The fourth-order valence-corrected chi connectivity index (χ4v) is 4.43. The highest BCUT2D eigenvalue weighted by Crippen LogP contribution is 2.42. The van der Waals surface area contributed by atoms with Crippen molar-refractivity contribution in [2.75, 3.05) is 5.75 Å². The van der Waals surface area contributed by atoms with Crippen LogP contribution in [-0.4, -0.2) is 27.5 Å². The predicted octanol–water partition coefficient (Wildman–Crippen LogP) is 4.56. The van der Waals surface area contributed by atoms with E-state index in [0.717, 1.165) is 10.0 Å². The molecule has 3 heterocycles. The average Bonchev–Trinajstić information content (AvgIpc) is 3.22. The Morgan fingerprint density at radius 1 is 1.27 bits per heavy atom. The summed E-state index contributed by atoms with van der Waals surface area (Å²) in [5.74, 6) is 1.41. The maximum Gasteiger partial charge on any atom is 0.239 e. The number of hydrogen-bond donors (Lipinski definition) is 0. The number of amidine groups is 1. The summed E-state index contributed by atoms with van der Waals surface area (Å²) in [5.41, 5.74) is 2.06. The smallest absolute Gasteiger partial charge is 0.239 e. The van der Waals surface area contributed by atoms with Crippen LogP contribution in [0.15, 0.2) is 61.6 Å². The largest absolute Gasteiger partial charge is 0.458 e. The molecule has 1 amide bonds. The van der Waals surface area contributed by atoms with Crippen LogP contribution in [0.2, 0.25) is 0 Å². The Labute approximate surface area is 163 Å². The second-order valence-electron chi connectivity index (χ2n) is 6.11. The zero-order chi connectivity index (χ0) is 18.4. The molecule has 0 N–H and O–H groups in total. The van der Waals surface area contributed by atoms with Crippen LogP contribution in [0.1, 0.15) is 25.6 Å². The number of ketones is 1. The molecular formula is C19H15BrN2O3S. The van der Waals surface area contributed by atoms with Crippen molar-refractivity contribution in [2.24, 2.45) is 4.99 Å². The Kier molecular flexibility index (Phi) is 4.36. The van der Waals surface area contributed by atoms with Gasteiger partial charge in [0.1, 0.15) is 17.6 Å². The van der Waals surface area contributed by atoms with Gasteiger partial charge in [-0.3, -0.25) is 14.5 Å². The summed E-state index contributed by atoms with van der Waals surface area (Å²) in [7, 11) is 0. The van der Waals surface area contributed by atoms with Crippen LogP contribution in [0, 0.1) is 0 Å². The average molecular weight is 431 g/mol. The highest BCUT2D eigenvalue weighted by Gasteiger charge is 2.43. The maximum absolute atomic E-state index is 12.4. The SMILES string of the molecule is CC(=O)C1=C(C)N=C2SCC(=O)N2[C@@H]1c1ccc(-c2ccc(Br)cc2)o1. The molecule has 1 fully saturated rings. The monoisotopic (exact) mass is 430 g/mol. The maximum atomic E-state index is 12.4. The molecule has 1 aromatic heterocycles.